The molecule has 10 atom stereocenters. The second-order valence-electron chi connectivity index (χ2n) is 15.7. The molecule has 39 heavy (non-hydrogen) atoms. The van der Waals surface area contributed by atoms with Gasteiger partial charge in [-0.2, -0.15) is 0 Å². The van der Waals surface area contributed by atoms with E-state index in [4.69, 9.17) is 4.74 Å². The fourth-order valence-corrected chi connectivity index (χ4v) is 12.0. The van der Waals surface area contributed by atoms with Gasteiger partial charge >= 0.3 is 5.97 Å². The molecule has 1 aromatic rings. The minimum atomic E-state index is -0.346. The lowest BCUT2D eigenvalue weighted by Gasteiger charge is -2.69. The van der Waals surface area contributed by atoms with Crippen molar-refractivity contribution in [2.45, 2.75) is 112 Å². The fraction of sp³-hybridized carbons (Fsp3) is 0.750. The zero-order chi connectivity index (χ0) is 27.8. The summed E-state index contributed by atoms with van der Waals surface area (Å²) in [6.07, 6.45) is 11.1. The van der Waals surface area contributed by atoms with Crippen LogP contribution < -0.4 is 0 Å². The molecule has 0 amide bonds. The van der Waals surface area contributed by atoms with Crippen molar-refractivity contribution in [1.29, 1.82) is 0 Å². The van der Waals surface area contributed by atoms with Crippen molar-refractivity contribution in [3.63, 3.8) is 0 Å². The first-order chi connectivity index (χ1) is 18.4. The Morgan fingerprint density at radius 3 is 2.31 bits per heavy atom. The molecule has 3 heteroatoms. The summed E-state index contributed by atoms with van der Waals surface area (Å²) in [5.41, 5.74) is 2.60. The third-order valence-electron chi connectivity index (χ3n) is 13.8. The summed E-state index contributed by atoms with van der Waals surface area (Å²) in [4.78, 5) is 14.0. The van der Waals surface area contributed by atoms with Crippen LogP contribution in [-0.4, -0.2) is 17.2 Å². The first-order valence-electron chi connectivity index (χ1n) is 16.0. The molecule has 0 saturated heterocycles. The van der Waals surface area contributed by atoms with Gasteiger partial charge in [-0.3, -0.25) is 4.79 Å². The lowest BCUT2D eigenvalue weighted by atomic mass is 9.36. The normalized spacial score (nSPS) is 46.3. The molecule has 3 nitrogen and oxygen atoms in total. The van der Waals surface area contributed by atoms with Gasteiger partial charge in [-0.1, -0.05) is 70.2 Å². The largest absolute Gasteiger partial charge is 0.460 e. The Kier molecular flexibility index (Phi) is 6.69. The maximum Gasteiger partial charge on any atom is 0.312 e. The standard InChI is InChI=1S/C36H52O3/c1-23(2)25-14-20-36(32(38)39-22-24-10-8-7-9-11-24)21-15-27-26(31(25)36)12-13-29-34(27,5)18-16-28-33(3,4)30(37)17-19-35(28,29)6/h7-11,25-31,37H,1,12-22H2,2-6H3/t25-,26?,27?,28?,29?,30-,31?,34-,35-,36-/m0/s1. The van der Waals surface area contributed by atoms with Crippen molar-refractivity contribution in [2.75, 3.05) is 0 Å². The Labute approximate surface area is 237 Å². The van der Waals surface area contributed by atoms with Crippen molar-refractivity contribution in [2.24, 2.45) is 57.2 Å². The van der Waals surface area contributed by atoms with Crippen molar-refractivity contribution >= 4 is 5.97 Å². The van der Waals surface area contributed by atoms with Crippen LogP contribution in [0, 0.1) is 57.2 Å². The number of carbonyl (C=O) groups excluding carboxylic acids is 1. The number of benzene rings is 1. The zero-order valence-electron chi connectivity index (χ0n) is 25.2. The number of aliphatic hydroxyl groups excluding tert-OH is 1. The minimum absolute atomic E-state index is 0.00803. The molecule has 1 aromatic carbocycles. The van der Waals surface area contributed by atoms with Crippen molar-refractivity contribution in [1.82, 2.24) is 0 Å². The summed E-state index contributed by atoms with van der Waals surface area (Å²) < 4.78 is 6.14. The van der Waals surface area contributed by atoms with Gasteiger partial charge in [0, 0.05) is 0 Å². The number of esters is 1. The van der Waals surface area contributed by atoms with Gasteiger partial charge in [0.1, 0.15) is 6.61 Å². The van der Waals surface area contributed by atoms with Crippen molar-refractivity contribution in [3.8, 4) is 0 Å². The van der Waals surface area contributed by atoms with Gasteiger partial charge in [0.05, 0.1) is 11.5 Å². The molecule has 5 aliphatic carbocycles. The van der Waals surface area contributed by atoms with E-state index in [1.54, 1.807) is 0 Å². The molecule has 5 aliphatic rings. The monoisotopic (exact) mass is 532 g/mol. The zero-order valence-corrected chi connectivity index (χ0v) is 25.2. The number of aliphatic hydroxyl groups is 1. The molecule has 0 heterocycles. The van der Waals surface area contributed by atoms with Crippen molar-refractivity contribution in [3.05, 3.63) is 48.0 Å². The Bertz CT molecular complexity index is 1110. The van der Waals surface area contributed by atoms with E-state index >= 15 is 0 Å². The molecule has 5 saturated carbocycles. The van der Waals surface area contributed by atoms with Gasteiger partial charge < -0.3 is 9.84 Å². The van der Waals surface area contributed by atoms with Crippen LogP contribution in [-0.2, 0) is 16.1 Å². The maximum atomic E-state index is 14.0. The molecular formula is C36H52O3. The average molecular weight is 533 g/mol. The quantitative estimate of drug-likeness (QED) is 0.313. The fourth-order valence-electron chi connectivity index (χ4n) is 12.0. The van der Waals surface area contributed by atoms with Crippen LogP contribution >= 0.6 is 0 Å². The predicted octanol–water partition coefficient (Wildman–Crippen LogP) is 8.36. The first-order valence-corrected chi connectivity index (χ1v) is 16.0. The maximum absolute atomic E-state index is 14.0. The number of allylic oxidation sites excluding steroid dienone is 1. The highest BCUT2D eigenvalue weighted by atomic mass is 16.5. The van der Waals surface area contributed by atoms with Gasteiger partial charge in [-0.15, -0.1) is 0 Å². The van der Waals surface area contributed by atoms with Gasteiger partial charge in [0.15, 0.2) is 0 Å². The summed E-state index contributed by atoms with van der Waals surface area (Å²) in [6.45, 7) is 16.9. The van der Waals surface area contributed by atoms with Gasteiger partial charge in [-0.05, 0) is 128 Å². The van der Waals surface area contributed by atoms with Crippen LogP contribution in [0.5, 0.6) is 0 Å². The Morgan fingerprint density at radius 1 is 0.897 bits per heavy atom. The van der Waals surface area contributed by atoms with E-state index in [1.165, 1.54) is 31.3 Å². The van der Waals surface area contributed by atoms with Crippen LogP contribution in [0.25, 0.3) is 0 Å². The molecule has 5 unspecified atom stereocenters. The van der Waals surface area contributed by atoms with Gasteiger partial charge in [0.2, 0.25) is 0 Å². The van der Waals surface area contributed by atoms with E-state index in [0.717, 1.165) is 44.1 Å². The van der Waals surface area contributed by atoms with Crippen LogP contribution in [0.2, 0.25) is 0 Å². The van der Waals surface area contributed by atoms with E-state index < -0.39 is 0 Å². The summed E-state index contributed by atoms with van der Waals surface area (Å²) in [5.74, 6) is 3.40. The Morgan fingerprint density at radius 2 is 1.59 bits per heavy atom. The van der Waals surface area contributed by atoms with E-state index in [1.807, 2.05) is 18.2 Å². The van der Waals surface area contributed by atoms with E-state index in [0.29, 0.717) is 52.9 Å². The SMILES string of the molecule is C=C(C)[C@@H]1CC[C@]2(C(=O)OCc3ccccc3)CCC3C(CCC4[C@@]3(C)CCC3C(C)(C)[C@@H](O)CC[C@@]34C)C12. The second kappa shape index (κ2) is 9.47. The van der Waals surface area contributed by atoms with Gasteiger partial charge in [-0.25, -0.2) is 0 Å². The summed E-state index contributed by atoms with van der Waals surface area (Å²) in [6, 6.07) is 10.1. The highest BCUT2D eigenvalue weighted by Crippen LogP contribution is 2.73. The number of carbonyl (C=O) groups is 1. The predicted molar refractivity (Wildman–Crippen MR) is 157 cm³/mol. The smallest absolute Gasteiger partial charge is 0.312 e. The van der Waals surface area contributed by atoms with Crippen LogP contribution in [0.3, 0.4) is 0 Å². The van der Waals surface area contributed by atoms with Crippen LogP contribution in [0.15, 0.2) is 42.5 Å². The highest BCUT2D eigenvalue weighted by Gasteiger charge is 2.68. The molecule has 0 spiro atoms. The number of hydrogen-bond donors (Lipinski definition) is 1. The lowest BCUT2D eigenvalue weighted by molar-refractivity contribution is -0.218. The average Bonchev–Trinajstić information content (AvgIpc) is 3.32. The summed E-state index contributed by atoms with van der Waals surface area (Å²) in [5, 5.41) is 11.0. The van der Waals surface area contributed by atoms with Crippen molar-refractivity contribution < 1.29 is 14.6 Å². The number of rotatable bonds is 4. The number of fused-ring (bicyclic) bond motifs is 7. The number of ether oxygens (including phenoxy) is 1. The molecule has 0 bridgehead atoms. The third kappa shape index (κ3) is 3.95. The molecule has 214 valence electrons. The lowest BCUT2D eigenvalue weighted by Crippen LogP contribution is -2.63. The molecule has 0 aromatic heterocycles. The molecule has 6 rings (SSSR count). The summed E-state index contributed by atoms with van der Waals surface area (Å²) >= 11 is 0. The topological polar surface area (TPSA) is 46.5 Å². The molecule has 0 radical (unpaired) electrons. The Balaban J connectivity index is 1.30. The van der Waals surface area contributed by atoms with E-state index in [9.17, 15) is 9.90 Å². The molecule has 0 aliphatic heterocycles. The Hall–Kier alpha value is -1.61. The minimum Gasteiger partial charge on any atom is -0.460 e. The van der Waals surface area contributed by atoms with Crippen LogP contribution in [0.4, 0.5) is 0 Å². The second-order valence-corrected chi connectivity index (χ2v) is 15.7. The van der Waals surface area contributed by atoms with Gasteiger partial charge in [0.25, 0.3) is 0 Å². The molecule has 5 fully saturated rings. The first kappa shape index (κ1) is 27.6. The molecule has 1 N–H and O–H groups in total. The third-order valence-corrected chi connectivity index (χ3v) is 13.8. The van der Waals surface area contributed by atoms with E-state index in [2.05, 4.69) is 53.3 Å². The number of hydrogen-bond acceptors (Lipinski definition) is 3. The highest BCUT2D eigenvalue weighted by molar-refractivity contribution is 5.78. The summed E-state index contributed by atoms with van der Waals surface area (Å²) in [7, 11) is 0. The van der Waals surface area contributed by atoms with Crippen LogP contribution in [0.1, 0.15) is 104 Å². The van der Waals surface area contributed by atoms with E-state index in [-0.39, 0.29) is 22.9 Å². The molecular weight excluding hydrogens is 480 g/mol.